The minimum Gasteiger partial charge on any atom is -0.465 e. The van der Waals surface area contributed by atoms with Gasteiger partial charge in [-0.3, -0.25) is 29.5 Å². The van der Waals surface area contributed by atoms with Crippen LogP contribution in [0.1, 0.15) is 55.6 Å². The number of pyridine rings is 1. The van der Waals surface area contributed by atoms with Crippen molar-refractivity contribution in [1.29, 1.82) is 0 Å². The molecule has 12 nitrogen and oxygen atoms in total. The largest absolute Gasteiger partial charge is 0.465 e. The highest BCUT2D eigenvalue weighted by molar-refractivity contribution is 6.03. The van der Waals surface area contributed by atoms with Crippen LogP contribution in [0.25, 0.3) is 11.1 Å². The zero-order chi connectivity index (χ0) is 33.6. The van der Waals surface area contributed by atoms with Crippen LogP contribution in [0.3, 0.4) is 0 Å². The minimum atomic E-state index is -0.225. The average molecular weight is 663 g/mol. The maximum absolute atomic E-state index is 14.0. The molecule has 48 heavy (non-hydrogen) atoms. The van der Waals surface area contributed by atoms with Gasteiger partial charge in [-0.25, -0.2) is 4.98 Å². The number of nitrogens with one attached hydrogen (secondary N) is 2. The van der Waals surface area contributed by atoms with Gasteiger partial charge in [-0.2, -0.15) is 0 Å². The summed E-state index contributed by atoms with van der Waals surface area (Å²) in [5.74, 6) is -0.569. The first-order chi connectivity index (χ1) is 23.3. The molecule has 1 saturated carbocycles. The number of aryl methyl sites for hydroxylation is 1. The summed E-state index contributed by atoms with van der Waals surface area (Å²) in [5.41, 5.74) is 3.42. The maximum atomic E-state index is 14.0. The summed E-state index contributed by atoms with van der Waals surface area (Å²) in [5, 5.41) is 6.45. The van der Waals surface area contributed by atoms with Crippen LogP contribution in [-0.2, 0) is 30.2 Å². The van der Waals surface area contributed by atoms with Crippen LogP contribution in [0.15, 0.2) is 36.5 Å². The molecule has 0 radical (unpaired) electrons. The number of esters is 1. The van der Waals surface area contributed by atoms with E-state index < -0.39 is 0 Å². The van der Waals surface area contributed by atoms with Gasteiger partial charge in [-0.05, 0) is 56.2 Å². The summed E-state index contributed by atoms with van der Waals surface area (Å²) in [6, 6.07) is 10.1. The third-order valence-corrected chi connectivity index (χ3v) is 10.4. The summed E-state index contributed by atoms with van der Waals surface area (Å²) in [6.45, 7) is 11.4. The van der Waals surface area contributed by atoms with Crippen LogP contribution in [0.5, 0.6) is 0 Å². The molecule has 2 N–H and O–H groups in total. The first-order valence-corrected chi connectivity index (χ1v) is 17.5. The van der Waals surface area contributed by atoms with Gasteiger partial charge in [0, 0.05) is 63.1 Å². The number of fused-ring (bicyclic) bond motifs is 3. The molecule has 1 aliphatic carbocycles. The van der Waals surface area contributed by atoms with Crippen molar-refractivity contribution in [2.24, 2.45) is 0 Å². The Labute approximate surface area is 283 Å². The molecule has 260 valence electrons. The van der Waals surface area contributed by atoms with Gasteiger partial charge in [0.15, 0.2) is 5.69 Å². The Morgan fingerprint density at radius 2 is 1.71 bits per heavy atom. The first-order valence-electron chi connectivity index (χ1n) is 17.5. The van der Waals surface area contributed by atoms with Crippen molar-refractivity contribution in [3.63, 3.8) is 0 Å². The van der Waals surface area contributed by atoms with E-state index in [1.54, 1.807) is 6.20 Å². The molecule has 12 heteroatoms. The van der Waals surface area contributed by atoms with Gasteiger partial charge >= 0.3 is 5.97 Å². The molecule has 5 heterocycles. The number of hydrogen-bond acceptors (Lipinski definition) is 10. The average Bonchev–Trinajstić information content (AvgIpc) is 3.12. The van der Waals surface area contributed by atoms with E-state index in [0.29, 0.717) is 58.3 Å². The van der Waals surface area contributed by atoms with Crippen LogP contribution < -0.4 is 10.6 Å². The second-order valence-corrected chi connectivity index (χ2v) is 13.6. The highest BCUT2D eigenvalue weighted by Crippen LogP contribution is 2.44. The zero-order valence-corrected chi connectivity index (χ0v) is 28.4. The van der Waals surface area contributed by atoms with Crippen molar-refractivity contribution in [3.8, 4) is 11.1 Å². The number of benzene rings is 1. The van der Waals surface area contributed by atoms with Crippen molar-refractivity contribution in [3.05, 3.63) is 47.8 Å². The van der Waals surface area contributed by atoms with E-state index in [0.717, 1.165) is 62.9 Å². The summed E-state index contributed by atoms with van der Waals surface area (Å²) >= 11 is 0. The number of rotatable bonds is 12. The van der Waals surface area contributed by atoms with Gasteiger partial charge in [-0.1, -0.05) is 31.2 Å². The first kappa shape index (κ1) is 34.4. The van der Waals surface area contributed by atoms with Crippen molar-refractivity contribution in [2.45, 2.75) is 57.1 Å². The van der Waals surface area contributed by atoms with Gasteiger partial charge < -0.3 is 24.4 Å². The molecule has 0 spiro atoms. The van der Waals surface area contributed by atoms with Crippen LogP contribution in [0, 0.1) is 0 Å². The highest BCUT2D eigenvalue weighted by Gasteiger charge is 2.50. The van der Waals surface area contributed by atoms with E-state index in [1.165, 1.54) is 5.56 Å². The molecule has 4 aliphatic heterocycles. The topological polar surface area (TPSA) is 126 Å². The Bertz CT molecular complexity index is 1430. The van der Waals surface area contributed by atoms with Crippen LogP contribution in [0.4, 0.5) is 5.69 Å². The lowest BCUT2D eigenvalue weighted by Gasteiger charge is -2.55. The number of piperazine rings is 1. The van der Waals surface area contributed by atoms with E-state index in [-0.39, 0.29) is 47.7 Å². The fourth-order valence-electron chi connectivity index (χ4n) is 7.34. The highest BCUT2D eigenvalue weighted by atomic mass is 16.5. The standard InChI is InChI=1S/C36H50N6O6/c1-3-27-6-5-7-28(20-27)29-21-30(39-31(43)24-40-16-18-46-19-17-40)33(37-22-29)34(45)42-14-12-41(13-15-42)25-36-10-8-35(9-11-36,26-48-36)38-23-32(44)47-4-2/h5-7,20-22,38H,3-4,8-19,23-26H2,1-2H3,(H,39,43). The lowest BCUT2D eigenvalue weighted by atomic mass is 9.71. The Kier molecular flexibility index (Phi) is 11.1. The van der Waals surface area contributed by atoms with Crippen LogP contribution in [0.2, 0.25) is 0 Å². The number of carbonyl (C=O) groups is 3. The molecule has 1 aromatic heterocycles. The summed E-state index contributed by atoms with van der Waals surface area (Å²) in [4.78, 5) is 50.0. The summed E-state index contributed by atoms with van der Waals surface area (Å²) in [6.07, 6.45) is 6.46. The third kappa shape index (κ3) is 8.23. The molecule has 5 fully saturated rings. The maximum Gasteiger partial charge on any atom is 0.319 e. The number of amides is 2. The fraction of sp³-hybridized carbons (Fsp3) is 0.611. The van der Waals surface area contributed by atoms with E-state index in [1.807, 2.05) is 30.0 Å². The minimum absolute atomic E-state index is 0.156. The molecule has 7 rings (SSSR count). The SMILES string of the molecule is CCOC(=O)CNC12CCC(CN3CCN(C(=O)c4ncc(-c5cccc(CC)c5)cc4NC(=O)CN4CCOCC4)CC3)(CC1)OC2. The monoisotopic (exact) mass is 662 g/mol. The number of carbonyl (C=O) groups excluding carboxylic acids is 3. The smallest absolute Gasteiger partial charge is 0.319 e. The number of ether oxygens (including phenoxy) is 3. The molecule has 2 bridgehead atoms. The molecule has 2 amide bonds. The van der Waals surface area contributed by atoms with Gasteiger partial charge in [0.2, 0.25) is 5.91 Å². The van der Waals surface area contributed by atoms with Crippen molar-refractivity contribution in [1.82, 2.24) is 25.0 Å². The van der Waals surface area contributed by atoms with Gasteiger partial charge in [0.05, 0.1) is 50.8 Å². The number of anilines is 1. The van der Waals surface area contributed by atoms with Crippen LogP contribution in [-0.4, -0.2) is 134 Å². The van der Waals surface area contributed by atoms with Gasteiger partial charge in [-0.15, -0.1) is 0 Å². The Morgan fingerprint density at radius 1 is 0.938 bits per heavy atom. The molecule has 0 unspecified atom stereocenters. The molecule has 2 aromatic rings. The van der Waals surface area contributed by atoms with Gasteiger partial charge in [0.25, 0.3) is 5.91 Å². The number of hydrogen-bond donors (Lipinski definition) is 2. The zero-order valence-electron chi connectivity index (χ0n) is 28.4. The molecular weight excluding hydrogens is 612 g/mol. The number of nitrogens with zero attached hydrogens (tertiary/aromatic N) is 4. The van der Waals surface area contributed by atoms with Crippen molar-refractivity contribution in [2.75, 3.05) is 90.6 Å². The lowest BCUT2D eigenvalue weighted by molar-refractivity contribution is -0.174. The molecule has 0 atom stereocenters. The number of aromatic nitrogens is 1. The number of morpholine rings is 1. The molecule has 5 aliphatic rings. The predicted octanol–water partition coefficient (Wildman–Crippen LogP) is 2.57. The summed E-state index contributed by atoms with van der Waals surface area (Å²) < 4.78 is 17.0. The molecule has 1 aromatic carbocycles. The van der Waals surface area contributed by atoms with E-state index in [2.05, 4.69) is 44.5 Å². The van der Waals surface area contributed by atoms with Crippen molar-refractivity contribution >= 4 is 23.5 Å². The van der Waals surface area contributed by atoms with Crippen LogP contribution >= 0.6 is 0 Å². The Hall–Kier alpha value is -3.42. The Balaban J connectivity index is 1.08. The second kappa shape index (κ2) is 15.4. The quantitative estimate of drug-likeness (QED) is 0.328. The third-order valence-electron chi connectivity index (χ3n) is 10.4. The lowest BCUT2D eigenvalue weighted by Crippen LogP contribution is -2.65. The molecular formula is C36H50N6O6. The van der Waals surface area contributed by atoms with E-state index >= 15 is 0 Å². The van der Waals surface area contributed by atoms with Gasteiger partial charge in [0.1, 0.15) is 0 Å². The second-order valence-electron chi connectivity index (χ2n) is 13.6. The fourth-order valence-corrected chi connectivity index (χ4v) is 7.34. The van der Waals surface area contributed by atoms with E-state index in [4.69, 9.17) is 14.2 Å². The summed E-state index contributed by atoms with van der Waals surface area (Å²) in [7, 11) is 0. The van der Waals surface area contributed by atoms with E-state index in [9.17, 15) is 14.4 Å². The Morgan fingerprint density at radius 3 is 2.40 bits per heavy atom. The molecule has 4 saturated heterocycles. The van der Waals surface area contributed by atoms with Crippen molar-refractivity contribution < 1.29 is 28.6 Å². The normalized spacial score (nSPS) is 24.8. The predicted molar refractivity (Wildman–Crippen MR) is 182 cm³/mol.